The van der Waals surface area contributed by atoms with Crippen molar-refractivity contribution in [1.82, 2.24) is 4.98 Å². The van der Waals surface area contributed by atoms with Gasteiger partial charge in [-0.25, -0.2) is 4.98 Å². The number of aryl methyl sites for hydroxylation is 1. The SMILES string of the molecule is Cc1ccc(-c2csc(/C(C#N)=C/Nc3cccc(Cl)c3Cl)n2)cc1. The van der Waals surface area contributed by atoms with Gasteiger partial charge in [-0.1, -0.05) is 59.1 Å². The molecule has 1 N–H and O–H groups in total. The van der Waals surface area contributed by atoms with Crippen LogP contribution in [-0.4, -0.2) is 4.98 Å². The number of nitriles is 1. The summed E-state index contributed by atoms with van der Waals surface area (Å²) in [5.74, 6) is 0. The fourth-order valence-corrected chi connectivity index (χ4v) is 3.31. The number of allylic oxidation sites excluding steroid dienone is 1. The topological polar surface area (TPSA) is 48.7 Å². The Labute approximate surface area is 160 Å². The molecular formula is C19H13Cl2N3S. The predicted octanol–water partition coefficient (Wildman–Crippen LogP) is 6.40. The van der Waals surface area contributed by atoms with Crippen molar-refractivity contribution in [2.24, 2.45) is 0 Å². The van der Waals surface area contributed by atoms with Crippen LogP contribution in [0, 0.1) is 18.3 Å². The number of aromatic nitrogens is 1. The average Bonchev–Trinajstić information content (AvgIpc) is 3.09. The zero-order valence-corrected chi connectivity index (χ0v) is 15.6. The number of anilines is 1. The van der Waals surface area contributed by atoms with Gasteiger partial charge >= 0.3 is 0 Å². The molecule has 25 heavy (non-hydrogen) atoms. The third-order valence-corrected chi connectivity index (χ3v) is 5.22. The monoisotopic (exact) mass is 385 g/mol. The molecule has 2 aromatic carbocycles. The zero-order valence-electron chi connectivity index (χ0n) is 13.3. The highest BCUT2D eigenvalue weighted by Gasteiger charge is 2.10. The van der Waals surface area contributed by atoms with E-state index in [0.717, 1.165) is 11.3 Å². The van der Waals surface area contributed by atoms with Gasteiger partial charge in [0.15, 0.2) is 0 Å². The minimum absolute atomic E-state index is 0.414. The average molecular weight is 386 g/mol. The normalized spacial score (nSPS) is 11.2. The molecule has 0 spiro atoms. The van der Waals surface area contributed by atoms with Crippen LogP contribution in [0.2, 0.25) is 10.0 Å². The highest BCUT2D eigenvalue weighted by atomic mass is 35.5. The van der Waals surface area contributed by atoms with E-state index >= 15 is 0 Å². The minimum atomic E-state index is 0.414. The standard InChI is InChI=1S/C19H13Cl2N3S/c1-12-5-7-13(8-6-12)17-11-25-19(24-17)14(9-22)10-23-16-4-2-3-15(20)18(16)21/h2-8,10-11,23H,1H3/b14-10+. The highest BCUT2D eigenvalue weighted by Crippen LogP contribution is 2.30. The Kier molecular flexibility index (Phi) is 5.40. The van der Waals surface area contributed by atoms with Crippen LogP contribution in [-0.2, 0) is 0 Å². The fourth-order valence-electron chi connectivity index (χ4n) is 2.16. The lowest BCUT2D eigenvalue weighted by molar-refractivity contribution is 1.36. The molecule has 3 rings (SSSR count). The smallest absolute Gasteiger partial charge is 0.136 e. The number of hydrogen-bond acceptors (Lipinski definition) is 4. The van der Waals surface area contributed by atoms with Crippen LogP contribution in [0.3, 0.4) is 0 Å². The third kappa shape index (κ3) is 4.02. The molecule has 1 aromatic heterocycles. The van der Waals surface area contributed by atoms with Gasteiger partial charge in [0.2, 0.25) is 0 Å². The highest BCUT2D eigenvalue weighted by molar-refractivity contribution is 7.11. The van der Waals surface area contributed by atoms with Gasteiger partial charge in [-0.05, 0) is 19.1 Å². The first-order chi connectivity index (χ1) is 12.1. The first kappa shape index (κ1) is 17.5. The molecular weight excluding hydrogens is 373 g/mol. The summed E-state index contributed by atoms with van der Waals surface area (Å²) in [6.45, 7) is 2.04. The minimum Gasteiger partial charge on any atom is -0.359 e. The molecule has 0 bridgehead atoms. The first-order valence-corrected chi connectivity index (χ1v) is 9.06. The van der Waals surface area contributed by atoms with Crippen LogP contribution in [0.1, 0.15) is 10.6 Å². The number of nitrogens with zero attached hydrogens (tertiary/aromatic N) is 2. The molecule has 0 unspecified atom stereocenters. The molecule has 0 aliphatic carbocycles. The number of nitrogens with one attached hydrogen (secondary N) is 1. The number of thiazole rings is 1. The Hall–Kier alpha value is -2.32. The van der Waals surface area contributed by atoms with E-state index in [4.69, 9.17) is 23.2 Å². The molecule has 0 amide bonds. The summed E-state index contributed by atoms with van der Waals surface area (Å²) >= 11 is 13.6. The maximum atomic E-state index is 9.45. The molecule has 0 saturated heterocycles. The predicted molar refractivity (Wildman–Crippen MR) is 106 cm³/mol. The fraction of sp³-hybridized carbons (Fsp3) is 0.0526. The second kappa shape index (κ2) is 7.71. The number of benzene rings is 2. The van der Waals surface area contributed by atoms with E-state index in [-0.39, 0.29) is 0 Å². The van der Waals surface area contributed by atoms with Crippen LogP contribution < -0.4 is 5.32 Å². The molecule has 3 nitrogen and oxygen atoms in total. The number of halogens is 2. The van der Waals surface area contributed by atoms with Crippen molar-refractivity contribution < 1.29 is 0 Å². The van der Waals surface area contributed by atoms with E-state index in [0.29, 0.717) is 26.3 Å². The van der Waals surface area contributed by atoms with Crippen molar-refractivity contribution in [1.29, 1.82) is 5.26 Å². The van der Waals surface area contributed by atoms with Gasteiger partial charge in [-0.2, -0.15) is 5.26 Å². The Morgan fingerprint density at radius 3 is 2.68 bits per heavy atom. The lowest BCUT2D eigenvalue weighted by atomic mass is 10.1. The van der Waals surface area contributed by atoms with Crippen LogP contribution >= 0.6 is 34.5 Å². The van der Waals surface area contributed by atoms with E-state index in [1.807, 2.05) is 36.6 Å². The molecule has 1 heterocycles. The summed E-state index contributed by atoms with van der Waals surface area (Å²) < 4.78 is 0. The summed E-state index contributed by atoms with van der Waals surface area (Å²) in [5, 5.41) is 15.9. The zero-order chi connectivity index (χ0) is 17.8. The van der Waals surface area contributed by atoms with E-state index in [1.54, 1.807) is 24.4 Å². The van der Waals surface area contributed by atoms with Crippen molar-refractivity contribution in [3.05, 3.63) is 74.7 Å². The van der Waals surface area contributed by atoms with E-state index in [2.05, 4.69) is 16.4 Å². The molecule has 3 aromatic rings. The second-order valence-corrected chi connectivity index (χ2v) is 6.96. The molecule has 0 aliphatic rings. The van der Waals surface area contributed by atoms with Gasteiger partial charge < -0.3 is 5.32 Å². The summed E-state index contributed by atoms with van der Waals surface area (Å²) in [6, 6.07) is 15.6. The van der Waals surface area contributed by atoms with Gasteiger partial charge in [0.25, 0.3) is 0 Å². The van der Waals surface area contributed by atoms with Crippen molar-refractivity contribution in [2.45, 2.75) is 6.92 Å². The van der Waals surface area contributed by atoms with Crippen LogP contribution in [0.4, 0.5) is 5.69 Å². The number of rotatable bonds is 4. The van der Waals surface area contributed by atoms with Gasteiger partial charge in [-0.15, -0.1) is 11.3 Å². The molecule has 124 valence electrons. The van der Waals surface area contributed by atoms with Gasteiger partial charge in [0, 0.05) is 17.1 Å². The molecule has 0 fully saturated rings. The van der Waals surface area contributed by atoms with Crippen LogP contribution in [0.25, 0.3) is 16.8 Å². The van der Waals surface area contributed by atoms with Crippen molar-refractivity contribution in [3.63, 3.8) is 0 Å². The Balaban J connectivity index is 1.85. The molecule has 0 atom stereocenters. The van der Waals surface area contributed by atoms with Gasteiger partial charge in [-0.3, -0.25) is 0 Å². The third-order valence-electron chi connectivity index (χ3n) is 3.53. The van der Waals surface area contributed by atoms with E-state index in [1.165, 1.54) is 16.9 Å². The Morgan fingerprint density at radius 2 is 1.96 bits per heavy atom. The lowest BCUT2D eigenvalue weighted by Crippen LogP contribution is -1.92. The molecule has 6 heteroatoms. The molecule has 0 radical (unpaired) electrons. The van der Waals surface area contributed by atoms with Crippen LogP contribution in [0.15, 0.2) is 54.0 Å². The molecule has 0 aliphatic heterocycles. The Morgan fingerprint density at radius 1 is 1.20 bits per heavy atom. The summed E-state index contributed by atoms with van der Waals surface area (Å²) in [7, 11) is 0. The number of hydrogen-bond donors (Lipinski definition) is 1. The van der Waals surface area contributed by atoms with Gasteiger partial charge in [0.05, 0.1) is 21.4 Å². The van der Waals surface area contributed by atoms with Crippen molar-refractivity contribution >= 4 is 45.8 Å². The van der Waals surface area contributed by atoms with Gasteiger partial charge in [0.1, 0.15) is 16.6 Å². The van der Waals surface area contributed by atoms with E-state index in [9.17, 15) is 5.26 Å². The Bertz CT molecular complexity index is 969. The maximum absolute atomic E-state index is 9.45. The maximum Gasteiger partial charge on any atom is 0.136 e. The van der Waals surface area contributed by atoms with E-state index < -0.39 is 0 Å². The first-order valence-electron chi connectivity index (χ1n) is 7.42. The summed E-state index contributed by atoms with van der Waals surface area (Å²) in [4.78, 5) is 4.56. The second-order valence-electron chi connectivity index (χ2n) is 5.32. The van der Waals surface area contributed by atoms with Crippen LogP contribution in [0.5, 0.6) is 0 Å². The largest absolute Gasteiger partial charge is 0.359 e. The van der Waals surface area contributed by atoms with Crippen molar-refractivity contribution in [3.8, 4) is 17.3 Å². The quantitative estimate of drug-likeness (QED) is 0.528. The summed E-state index contributed by atoms with van der Waals surface area (Å²) in [5.41, 5.74) is 4.13. The lowest BCUT2D eigenvalue weighted by Gasteiger charge is -2.05. The molecule has 0 saturated carbocycles. The summed E-state index contributed by atoms with van der Waals surface area (Å²) in [6.07, 6.45) is 1.59. The van der Waals surface area contributed by atoms with Crippen molar-refractivity contribution in [2.75, 3.05) is 5.32 Å².